The number of thioether (sulfide) groups is 1. The minimum Gasteiger partial charge on any atom is -0.357 e. The lowest BCUT2D eigenvalue weighted by Gasteiger charge is -2.17. The summed E-state index contributed by atoms with van der Waals surface area (Å²) in [5.41, 5.74) is 0. The molecular formula is C18H34N4OS. The molecule has 1 amide bonds. The third-order valence-corrected chi connectivity index (χ3v) is 6.15. The molecular weight excluding hydrogens is 320 g/mol. The van der Waals surface area contributed by atoms with E-state index in [1.165, 1.54) is 44.9 Å². The van der Waals surface area contributed by atoms with Crippen LogP contribution in [0.5, 0.6) is 0 Å². The van der Waals surface area contributed by atoms with Gasteiger partial charge in [0.25, 0.3) is 0 Å². The molecule has 2 atom stereocenters. The van der Waals surface area contributed by atoms with E-state index >= 15 is 0 Å². The van der Waals surface area contributed by atoms with Crippen LogP contribution in [0, 0.1) is 5.92 Å². The number of nitrogens with one attached hydrogen (secondary N) is 3. The molecule has 6 heteroatoms. The van der Waals surface area contributed by atoms with E-state index in [0.29, 0.717) is 31.5 Å². The van der Waals surface area contributed by atoms with Crippen LogP contribution < -0.4 is 16.0 Å². The maximum atomic E-state index is 11.9. The lowest BCUT2D eigenvalue weighted by Crippen LogP contribution is -2.43. The second-order valence-electron chi connectivity index (χ2n) is 6.98. The summed E-state index contributed by atoms with van der Waals surface area (Å²) >= 11 is 1.97. The molecule has 0 heterocycles. The first-order chi connectivity index (χ1) is 11.7. The first-order valence-corrected chi connectivity index (χ1v) is 10.8. The van der Waals surface area contributed by atoms with Crippen molar-refractivity contribution in [3.05, 3.63) is 0 Å². The van der Waals surface area contributed by atoms with Gasteiger partial charge in [0, 0.05) is 30.8 Å². The standard InChI is InChI=1S/C18H34N4OS/c1-3-19-18(22-15-8-9-16(13-15)24-2)21-11-10-20-17(23)12-14-6-4-5-7-14/h14-16H,3-13H2,1-2H3,(H,20,23)(H2,19,21,22). The molecule has 5 nitrogen and oxygen atoms in total. The number of guanidine groups is 1. The van der Waals surface area contributed by atoms with Crippen LogP contribution in [0.15, 0.2) is 4.99 Å². The fourth-order valence-electron chi connectivity index (χ4n) is 3.71. The third-order valence-electron chi connectivity index (χ3n) is 5.06. The minimum absolute atomic E-state index is 0.189. The van der Waals surface area contributed by atoms with Gasteiger partial charge >= 0.3 is 0 Å². The van der Waals surface area contributed by atoms with Crippen molar-refractivity contribution in [3.8, 4) is 0 Å². The molecule has 0 saturated heterocycles. The van der Waals surface area contributed by atoms with Gasteiger partial charge in [-0.2, -0.15) is 11.8 Å². The highest BCUT2D eigenvalue weighted by Gasteiger charge is 2.24. The van der Waals surface area contributed by atoms with Crippen molar-refractivity contribution >= 4 is 23.6 Å². The number of carbonyl (C=O) groups is 1. The Balaban J connectivity index is 1.65. The quantitative estimate of drug-likeness (QED) is 0.356. The first-order valence-electron chi connectivity index (χ1n) is 9.55. The summed E-state index contributed by atoms with van der Waals surface area (Å²) in [6.07, 6.45) is 11.6. The van der Waals surface area contributed by atoms with E-state index < -0.39 is 0 Å². The molecule has 2 rings (SSSR count). The van der Waals surface area contributed by atoms with Crippen molar-refractivity contribution in [2.75, 3.05) is 25.9 Å². The molecule has 0 spiro atoms. The summed E-state index contributed by atoms with van der Waals surface area (Å²) < 4.78 is 0. The Morgan fingerprint density at radius 3 is 2.62 bits per heavy atom. The van der Waals surface area contributed by atoms with Crippen molar-refractivity contribution < 1.29 is 4.79 Å². The van der Waals surface area contributed by atoms with Gasteiger partial charge in [-0.3, -0.25) is 9.79 Å². The van der Waals surface area contributed by atoms with Crippen molar-refractivity contribution in [2.24, 2.45) is 10.9 Å². The molecule has 2 aliphatic rings. The molecule has 2 aliphatic carbocycles. The summed E-state index contributed by atoms with van der Waals surface area (Å²) in [6.45, 7) is 4.20. The van der Waals surface area contributed by atoms with Crippen molar-refractivity contribution in [3.63, 3.8) is 0 Å². The smallest absolute Gasteiger partial charge is 0.220 e. The van der Waals surface area contributed by atoms with Gasteiger partial charge in [0.05, 0.1) is 6.54 Å². The topological polar surface area (TPSA) is 65.5 Å². The number of hydrogen-bond donors (Lipinski definition) is 3. The molecule has 0 aromatic carbocycles. The highest BCUT2D eigenvalue weighted by Crippen LogP contribution is 2.28. The van der Waals surface area contributed by atoms with E-state index in [-0.39, 0.29) is 5.91 Å². The predicted octanol–water partition coefficient (Wildman–Crippen LogP) is 2.52. The van der Waals surface area contributed by atoms with Gasteiger partial charge in [0.1, 0.15) is 0 Å². The maximum Gasteiger partial charge on any atom is 0.220 e. The zero-order valence-electron chi connectivity index (χ0n) is 15.3. The van der Waals surface area contributed by atoms with Crippen LogP contribution in [0.1, 0.15) is 58.3 Å². The number of aliphatic imine (C=N–C) groups is 1. The Morgan fingerprint density at radius 2 is 1.96 bits per heavy atom. The number of hydrogen-bond acceptors (Lipinski definition) is 3. The molecule has 2 unspecified atom stereocenters. The Labute approximate surface area is 151 Å². The molecule has 3 N–H and O–H groups in total. The van der Waals surface area contributed by atoms with Gasteiger partial charge in [-0.25, -0.2) is 0 Å². The van der Waals surface area contributed by atoms with Crippen molar-refractivity contribution in [1.82, 2.24) is 16.0 Å². The van der Waals surface area contributed by atoms with E-state index in [4.69, 9.17) is 0 Å². The molecule has 0 bridgehead atoms. The van der Waals surface area contributed by atoms with E-state index in [2.05, 4.69) is 34.1 Å². The zero-order chi connectivity index (χ0) is 17.2. The van der Waals surface area contributed by atoms with Crippen LogP contribution in [0.2, 0.25) is 0 Å². The molecule has 0 aromatic heterocycles. The van der Waals surface area contributed by atoms with Gasteiger partial charge in [-0.05, 0) is 51.2 Å². The Kier molecular flexibility index (Phi) is 8.78. The van der Waals surface area contributed by atoms with E-state index in [1.54, 1.807) is 0 Å². The van der Waals surface area contributed by atoms with Crippen LogP contribution in [0.25, 0.3) is 0 Å². The monoisotopic (exact) mass is 354 g/mol. The molecule has 2 fully saturated rings. The number of rotatable bonds is 8. The minimum atomic E-state index is 0.189. The average molecular weight is 355 g/mol. The molecule has 0 aromatic rings. The highest BCUT2D eigenvalue weighted by atomic mass is 32.2. The average Bonchev–Trinajstić information content (AvgIpc) is 3.23. The fourth-order valence-corrected chi connectivity index (χ4v) is 4.51. The summed E-state index contributed by atoms with van der Waals surface area (Å²) in [7, 11) is 0. The molecule has 2 saturated carbocycles. The van der Waals surface area contributed by atoms with Crippen LogP contribution >= 0.6 is 11.8 Å². The van der Waals surface area contributed by atoms with Crippen LogP contribution in [0.3, 0.4) is 0 Å². The highest BCUT2D eigenvalue weighted by molar-refractivity contribution is 7.99. The van der Waals surface area contributed by atoms with Gasteiger partial charge < -0.3 is 16.0 Å². The Hall–Kier alpha value is -0.910. The van der Waals surface area contributed by atoms with Crippen molar-refractivity contribution in [2.45, 2.75) is 69.6 Å². The second kappa shape index (κ2) is 10.9. The molecule has 138 valence electrons. The Bertz CT molecular complexity index is 410. The predicted molar refractivity (Wildman–Crippen MR) is 104 cm³/mol. The Morgan fingerprint density at radius 1 is 1.17 bits per heavy atom. The second-order valence-corrected chi connectivity index (χ2v) is 8.12. The van der Waals surface area contributed by atoms with Gasteiger partial charge in [-0.15, -0.1) is 0 Å². The number of carbonyl (C=O) groups excluding carboxylic acids is 1. The fraction of sp³-hybridized carbons (Fsp3) is 0.889. The zero-order valence-corrected chi connectivity index (χ0v) is 16.1. The normalized spacial score (nSPS) is 25.0. The van der Waals surface area contributed by atoms with Crippen LogP contribution in [0.4, 0.5) is 0 Å². The maximum absolute atomic E-state index is 11.9. The third kappa shape index (κ3) is 6.91. The summed E-state index contributed by atoms with van der Waals surface area (Å²) in [5, 5.41) is 10.6. The van der Waals surface area contributed by atoms with Gasteiger partial charge in [-0.1, -0.05) is 12.8 Å². The molecule has 0 aliphatic heterocycles. The number of nitrogens with zero attached hydrogens (tertiary/aromatic N) is 1. The molecule has 24 heavy (non-hydrogen) atoms. The van der Waals surface area contributed by atoms with Gasteiger partial charge in [0.2, 0.25) is 5.91 Å². The summed E-state index contributed by atoms with van der Waals surface area (Å²) in [4.78, 5) is 16.5. The van der Waals surface area contributed by atoms with Crippen LogP contribution in [-0.4, -0.2) is 49.0 Å². The SMILES string of the molecule is CCNC(=NCCNC(=O)CC1CCCC1)NC1CCC(SC)C1. The van der Waals surface area contributed by atoms with Crippen molar-refractivity contribution in [1.29, 1.82) is 0 Å². The first kappa shape index (κ1) is 19.4. The largest absolute Gasteiger partial charge is 0.357 e. The summed E-state index contributed by atoms with van der Waals surface area (Å²) in [5.74, 6) is 1.68. The van der Waals surface area contributed by atoms with E-state index in [9.17, 15) is 4.79 Å². The summed E-state index contributed by atoms with van der Waals surface area (Å²) in [6, 6.07) is 0.525. The van der Waals surface area contributed by atoms with E-state index in [1.807, 2.05) is 11.8 Å². The lowest BCUT2D eigenvalue weighted by molar-refractivity contribution is -0.121. The molecule has 0 radical (unpaired) electrons. The number of amides is 1. The lowest BCUT2D eigenvalue weighted by atomic mass is 10.0. The van der Waals surface area contributed by atoms with Gasteiger partial charge in [0.15, 0.2) is 5.96 Å². The van der Waals surface area contributed by atoms with Crippen LogP contribution in [-0.2, 0) is 4.79 Å². The van der Waals surface area contributed by atoms with E-state index in [0.717, 1.165) is 17.8 Å².